The summed E-state index contributed by atoms with van der Waals surface area (Å²) >= 11 is 0. The molecule has 0 radical (unpaired) electrons. The Hall–Kier alpha value is -2.43. The second-order valence-electron chi connectivity index (χ2n) is 5.08. The Bertz CT molecular complexity index is 605. The summed E-state index contributed by atoms with van der Waals surface area (Å²) in [6.07, 6.45) is 4.11. The van der Waals surface area contributed by atoms with E-state index < -0.39 is 0 Å². The zero-order chi connectivity index (χ0) is 15.8. The second-order valence-corrected chi connectivity index (χ2v) is 5.08. The van der Waals surface area contributed by atoms with E-state index in [0.717, 1.165) is 36.9 Å². The molecule has 0 amide bonds. The van der Waals surface area contributed by atoms with E-state index in [4.69, 9.17) is 4.74 Å². The van der Waals surface area contributed by atoms with Gasteiger partial charge in [-0.2, -0.15) is 0 Å². The number of ether oxygens (including phenoxy) is 1. The fourth-order valence-corrected chi connectivity index (χ4v) is 2.28. The molecule has 22 heavy (non-hydrogen) atoms. The SMILES string of the molecule is CN=C(NCCn1cccc1)NCc1ccc(OC)c(C)c1. The van der Waals surface area contributed by atoms with Gasteiger partial charge in [0.25, 0.3) is 0 Å². The Morgan fingerprint density at radius 1 is 1.23 bits per heavy atom. The Morgan fingerprint density at radius 3 is 2.64 bits per heavy atom. The fraction of sp³-hybridized carbons (Fsp3) is 0.353. The molecule has 0 aliphatic carbocycles. The Labute approximate surface area is 132 Å². The van der Waals surface area contributed by atoms with Gasteiger partial charge in [-0.1, -0.05) is 12.1 Å². The quantitative estimate of drug-likeness (QED) is 0.635. The molecular formula is C17H24N4O. The highest BCUT2D eigenvalue weighted by Crippen LogP contribution is 2.18. The van der Waals surface area contributed by atoms with Crippen LogP contribution in [0.1, 0.15) is 11.1 Å². The highest BCUT2D eigenvalue weighted by atomic mass is 16.5. The number of nitrogens with zero attached hydrogens (tertiary/aromatic N) is 2. The van der Waals surface area contributed by atoms with E-state index in [1.54, 1.807) is 14.2 Å². The number of benzene rings is 1. The van der Waals surface area contributed by atoms with Gasteiger partial charge in [-0.25, -0.2) is 0 Å². The van der Waals surface area contributed by atoms with Crippen LogP contribution in [-0.4, -0.2) is 31.2 Å². The first-order chi connectivity index (χ1) is 10.7. The zero-order valence-electron chi connectivity index (χ0n) is 13.5. The van der Waals surface area contributed by atoms with Gasteiger partial charge in [-0.15, -0.1) is 0 Å². The molecule has 0 spiro atoms. The molecule has 5 nitrogen and oxygen atoms in total. The molecule has 0 aliphatic rings. The minimum Gasteiger partial charge on any atom is -0.496 e. The molecule has 5 heteroatoms. The van der Waals surface area contributed by atoms with Crippen LogP contribution < -0.4 is 15.4 Å². The van der Waals surface area contributed by atoms with Gasteiger partial charge in [0.05, 0.1) is 7.11 Å². The lowest BCUT2D eigenvalue weighted by Gasteiger charge is -2.13. The van der Waals surface area contributed by atoms with Gasteiger partial charge in [0.1, 0.15) is 5.75 Å². The summed E-state index contributed by atoms with van der Waals surface area (Å²) in [5, 5.41) is 6.63. The van der Waals surface area contributed by atoms with Crippen LogP contribution in [0.25, 0.3) is 0 Å². The van der Waals surface area contributed by atoms with Crippen molar-refractivity contribution in [3.05, 3.63) is 53.9 Å². The molecule has 2 N–H and O–H groups in total. The third-order valence-corrected chi connectivity index (χ3v) is 3.47. The van der Waals surface area contributed by atoms with E-state index in [9.17, 15) is 0 Å². The summed E-state index contributed by atoms with van der Waals surface area (Å²) in [4.78, 5) is 4.24. The number of rotatable bonds is 6. The largest absolute Gasteiger partial charge is 0.496 e. The van der Waals surface area contributed by atoms with Crippen LogP contribution in [-0.2, 0) is 13.1 Å². The van der Waals surface area contributed by atoms with Crippen LogP contribution in [0.15, 0.2) is 47.7 Å². The molecule has 0 saturated heterocycles. The lowest BCUT2D eigenvalue weighted by atomic mass is 10.1. The summed E-state index contributed by atoms with van der Waals surface area (Å²) in [6, 6.07) is 10.2. The number of guanidine groups is 1. The van der Waals surface area contributed by atoms with E-state index in [1.165, 1.54) is 5.56 Å². The molecule has 1 aromatic heterocycles. The molecule has 0 saturated carbocycles. The number of hydrogen-bond donors (Lipinski definition) is 2. The topological polar surface area (TPSA) is 50.6 Å². The summed E-state index contributed by atoms with van der Waals surface area (Å²) in [7, 11) is 3.47. The number of methoxy groups -OCH3 is 1. The van der Waals surface area contributed by atoms with Crippen LogP contribution in [0.5, 0.6) is 5.75 Å². The van der Waals surface area contributed by atoms with Crippen LogP contribution >= 0.6 is 0 Å². The van der Waals surface area contributed by atoms with E-state index in [2.05, 4.69) is 44.7 Å². The summed E-state index contributed by atoms with van der Waals surface area (Å²) < 4.78 is 7.41. The number of hydrogen-bond acceptors (Lipinski definition) is 2. The minimum absolute atomic E-state index is 0.730. The highest BCUT2D eigenvalue weighted by Gasteiger charge is 2.02. The first-order valence-electron chi connectivity index (χ1n) is 7.41. The highest BCUT2D eigenvalue weighted by molar-refractivity contribution is 5.79. The minimum atomic E-state index is 0.730. The average molecular weight is 300 g/mol. The van der Waals surface area contributed by atoms with Crippen molar-refractivity contribution in [3.63, 3.8) is 0 Å². The Kier molecular flexibility index (Phi) is 5.89. The number of aryl methyl sites for hydroxylation is 1. The van der Waals surface area contributed by atoms with Crippen molar-refractivity contribution in [2.75, 3.05) is 20.7 Å². The molecule has 0 unspecified atom stereocenters. The maximum absolute atomic E-state index is 5.28. The maximum Gasteiger partial charge on any atom is 0.191 e. The van der Waals surface area contributed by atoms with Crippen LogP contribution in [0.3, 0.4) is 0 Å². The van der Waals surface area contributed by atoms with E-state index in [1.807, 2.05) is 25.1 Å². The van der Waals surface area contributed by atoms with E-state index in [0.29, 0.717) is 0 Å². The standard InChI is InChI=1S/C17H24N4O/c1-14-12-15(6-7-16(14)22-3)13-20-17(18-2)19-8-11-21-9-4-5-10-21/h4-7,9-10,12H,8,11,13H2,1-3H3,(H2,18,19,20). The predicted octanol–water partition coefficient (Wildman–Crippen LogP) is 2.17. The van der Waals surface area contributed by atoms with Crippen LogP contribution in [0.4, 0.5) is 0 Å². The summed E-state index contributed by atoms with van der Waals surface area (Å²) in [5.41, 5.74) is 2.34. The third kappa shape index (κ3) is 4.55. The van der Waals surface area contributed by atoms with Crippen molar-refractivity contribution < 1.29 is 4.74 Å². The smallest absolute Gasteiger partial charge is 0.191 e. The van der Waals surface area contributed by atoms with E-state index >= 15 is 0 Å². The molecule has 0 atom stereocenters. The molecule has 1 heterocycles. The summed E-state index contributed by atoms with van der Waals surface area (Å²) in [5.74, 6) is 1.72. The van der Waals surface area contributed by atoms with Crippen LogP contribution in [0.2, 0.25) is 0 Å². The lowest BCUT2D eigenvalue weighted by Crippen LogP contribution is -2.38. The van der Waals surface area contributed by atoms with E-state index in [-0.39, 0.29) is 0 Å². The van der Waals surface area contributed by atoms with Crippen molar-refractivity contribution in [2.24, 2.45) is 4.99 Å². The number of nitrogens with one attached hydrogen (secondary N) is 2. The third-order valence-electron chi connectivity index (χ3n) is 3.47. The van der Waals surface area contributed by atoms with Crippen molar-refractivity contribution in [1.82, 2.24) is 15.2 Å². The van der Waals surface area contributed by atoms with Crippen molar-refractivity contribution >= 4 is 5.96 Å². The molecule has 2 rings (SSSR count). The normalized spacial score (nSPS) is 11.3. The molecule has 0 aliphatic heterocycles. The monoisotopic (exact) mass is 300 g/mol. The lowest BCUT2D eigenvalue weighted by molar-refractivity contribution is 0.411. The summed E-state index contributed by atoms with van der Waals surface area (Å²) in [6.45, 7) is 4.52. The van der Waals surface area contributed by atoms with Gasteiger partial charge < -0.3 is 19.9 Å². The molecule has 0 bridgehead atoms. The van der Waals surface area contributed by atoms with Crippen molar-refractivity contribution in [3.8, 4) is 5.75 Å². The molecule has 2 aromatic rings. The Balaban J connectivity index is 1.79. The van der Waals surface area contributed by atoms with Crippen molar-refractivity contribution in [2.45, 2.75) is 20.0 Å². The van der Waals surface area contributed by atoms with Gasteiger partial charge in [-0.3, -0.25) is 4.99 Å². The van der Waals surface area contributed by atoms with Gasteiger partial charge in [-0.05, 0) is 36.2 Å². The van der Waals surface area contributed by atoms with Gasteiger partial charge in [0.15, 0.2) is 5.96 Å². The number of aliphatic imine (C=N–C) groups is 1. The number of aromatic nitrogens is 1. The molecule has 118 valence electrons. The van der Waals surface area contributed by atoms with Crippen molar-refractivity contribution in [1.29, 1.82) is 0 Å². The average Bonchev–Trinajstić information content (AvgIpc) is 3.04. The zero-order valence-corrected chi connectivity index (χ0v) is 13.5. The molecule has 0 fully saturated rings. The molecule has 1 aromatic carbocycles. The van der Waals surface area contributed by atoms with Crippen LogP contribution in [0, 0.1) is 6.92 Å². The second kappa shape index (κ2) is 8.12. The fourth-order valence-electron chi connectivity index (χ4n) is 2.28. The van der Waals surface area contributed by atoms with Gasteiger partial charge in [0, 0.05) is 39.1 Å². The van der Waals surface area contributed by atoms with Gasteiger partial charge >= 0.3 is 0 Å². The predicted molar refractivity (Wildman–Crippen MR) is 90.4 cm³/mol. The first-order valence-corrected chi connectivity index (χ1v) is 7.41. The Morgan fingerprint density at radius 2 is 2.00 bits per heavy atom. The first kappa shape index (κ1) is 15.9. The van der Waals surface area contributed by atoms with Gasteiger partial charge in [0.2, 0.25) is 0 Å². The molecular weight excluding hydrogens is 276 g/mol. The maximum atomic E-state index is 5.28.